The average molecular weight is 449 g/mol. The SMILES string of the molecule is Cc1c(CNC(=O)Nc2cc(Cl)ccc2Cl)sc2nc(-c3ccc(F)cc3)cn12. The third-order valence-electron chi connectivity index (χ3n) is 4.38. The molecule has 2 heterocycles. The minimum atomic E-state index is -0.383. The summed E-state index contributed by atoms with van der Waals surface area (Å²) in [6.45, 7) is 2.30. The predicted molar refractivity (Wildman–Crippen MR) is 116 cm³/mol. The average Bonchev–Trinajstić information content (AvgIpc) is 3.23. The van der Waals surface area contributed by atoms with E-state index in [1.807, 2.05) is 17.5 Å². The molecule has 148 valence electrons. The molecule has 2 amide bonds. The molecule has 4 rings (SSSR count). The number of thiazole rings is 1. The molecule has 0 bridgehead atoms. The molecule has 2 aromatic heterocycles. The van der Waals surface area contributed by atoms with E-state index in [0.717, 1.165) is 26.8 Å². The van der Waals surface area contributed by atoms with Gasteiger partial charge in [-0.05, 0) is 49.4 Å². The number of urea groups is 1. The summed E-state index contributed by atoms with van der Waals surface area (Å²) in [6, 6.07) is 10.7. The number of halogens is 3. The number of fused-ring (bicyclic) bond motifs is 1. The third-order valence-corrected chi connectivity index (χ3v) is 6.10. The summed E-state index contributed by atoms with van der Waals surface area (Å²) in [5.41, 5.74) is 3.04. The molecule has 9 heteroatoms. The van der Waals surface area contributed by atoms with Crippen LogP contribution in [0.15, 0.2) is 48.7 Å². The van der Waals surface area contributed by atoms with Gasteiger partial charge >= 0.3 is 6.03 Å². The molecule has 5 nitrogen and oxygen atoms in total. The van der Waals surface area contributed by atoms with Gasteiger partial charge in [-0.2, -0.15) is 0 Å². The van der Waals surface area contributed by atoms with Gasteiger partial charge in [0.05, 0.1) is 22.9 Å². The Balaban J connectivity index is 1.46. The van der Waals surface area contributed by atoms with Crippen molar-refractivity contribution in [3.63, 3.8) is 0 Å². The molecule has 0 unspecified atom stereocenters. The van der Waals surface area contributed by atoms with Crippen LogP contribution in [0.2, 0.25) is 10.0 Å². The molecule has 0 aliphatic heterocycles. The maximum atomic E-state index is 13.1. The van der Waals surface area contributed by atoms with Crippen LogP contribution in [-0.2, 0) is 6.54 Å². The van der Waals surface area contributed by atoms with Crippen LogP contribution in [0, 0.1) is 12.7 Å². The van der Waals surface area contributed by atoms with Gasteiger partial charge in [0.2, 0.25) is 0 Å². The standard InChI is InChI=1S/C20H15Cl2FN4OS/c1-11-18(9-24-19(28)25-16-8-13(21)4-7-15(16)22)29-20-26-17(10-27(11)20)12-2-5-14(23)6-3-12/h2-8,10H,9H2,1H3,(H2,24,25,28). The van der Waals surface area contributed by atoms with Gasteiger partial charge < -0.3 is 10.6 Å². The van der Waals surface area contributed by atoms with Gasteiger partial charge in [-0.25, -0.2) is 14.2 Å². The summed E-state index contributed by atoms with van der Waals surface area (Å²) in [5.74, 6) is -0.281. The fraction of sp³-hybridized carbons (Fsp3) is 0.100. The minimum Gasteiger partial charge on any atom is -0.333 e. The van der Waals surface area contributed by atoms with Gasteiger partial charge in [-0.1, -0.05) is 34.5 Å². The number of rotatable bonds is 4. The van der Waals surface area contributed by atoms with E-state index in [9.17, 15) is 9.18 Å². The first-order chi connectivity index (χ1) is 13.9. The summed E-state index contributed by atoms with van der Waals surface area (Å²) in [4.78, 5) is 18.6. The van der Waals surface area contributed by atoms with Crippen molar-refractivity contribution in [3.05, 3.63) is 75.1 Å². The van der Waals surface area contributed by atoms with Crippen LogP contribution in [0.1, 0.15) is 10.6 Å². The molecular formula is C20H15Cl2FN4OS. The Hall–Kier alpha value is -2.61. The minimum absolute atomic E-state index is 0.281. The number of benzene rings is 2. The number of nitrogens with one attached hydrogen (secondary N) is 2. The lowest BCUT2D eigenvalue weighted by molar-refractivity contribution is 0.252. The zero-order valence-corrected chi connectivity index (χ0v) is 17.5. The molecule has 0 aliphatic rings. The smallest absolute Gasteiger partial charge is 0.319 e. The van der Waals surface area contributed by atoms with Crippen molar-refractivity contribution in [1.29, 1.82) is 0 Å². The van der Waals surface area contributed by atoms with Gasteiger partial charge in [0, 0.05) is 27.4 Å². The molecule has 0 radical (unpaired) electrons. The monoisotopic (exact) mass is 448 g/mol. The predicted octanol–water partition coefficient (Wildman–Crippen LogP) is 6.14. The molecular weight excluding hydrogens is 434 g/mol. The van der Waals surface area contributed by atoms with Crippen molar-refractivity contribution in [2.45, 2.75) is 13.5 Å². The fourth-order valence-corrected chi connectivity index (χ4v) is 4.22. The number of hydrogen-bond donors (Lipinski definition) is 2. The van der Waals surface area contributed by atoms with Gasteiger partial charge in [-0.3, -0.25) is 4.40 Å². The van der Waals surface area contributed by atoms with Crippen molar-refractivity contribution < 1.29 is 9.18 Å². The normalized spacial score (nSPS) is 11.0. The topological polar surface area (TPSA) is 58.4 Å². The van der Waals surface area contributed by atoms with E-state index in [0.29, 0.717) is 22.3 Å². The lowest BCUT2D eigenvalue weighted by Crippen LogP contribution is -2.28. The summed E-state index contributed by atoms with van der Waals surface area (Å²) in [7, 11) is 0. The molecule has 0 fully saturated rings. The Bertz CT molecular complexity index is 1200. The fourth-order valence-electron chi connectivity index (χ4n) is 2.84. The van der Waals surface area contributed by atoms with Crippen LogP contribution in [0.4, 0.5) is 14.9 Å². The first kappa shape index (κ1) is 19.7. The highest BCUT2D eigenvalue weighted by atomic mass is 35.5. The Morgan fingerprint density at radius 3 is 2.69 bits per heavy atom. The maximum absolute atomic E-state index is 13.1. The molecule has 2 N–H and O–H groups in total. The highest BCUT2D eigenvalue weighted by Crippen LogP contribution is 2.28. The molecule has 2 aromatic carbocycles. The highest BCUT2D eigenvalue weighted by molar-refractivity contribution is 7.17. The van der Waals surface area contributed by atoms with Gasteiger partial charge in [0.15, 0.2) is 4.96 Å². The lowest BCUT2D eigenvalue weighted by Gasteiger charge is -2.09. The second-order valence-electron chi connectivity index (χ2n) is 6.33. The Kier molecular flexibility index (Phi) is 5.45. The van der Waals surface area contributed by atoms with E-state index < -0.39 is 0 Å². The number of hydrogen-bond acceptors (Lipinski definition) is 3. The first-order valence-corrected chi connectivity index (χ1v) is 10.2. The van der Waals surface area contributed by atoms with Crippen LogP contribution in [0.25, 0.3) is 16.2 Å². The summed E-state index contributed by atoms with van der Waals surface area (Å²) in [6.07, 6.45) is 1.91. The van der Waals surface area contributed by atoms with E-state index in [2.05, 4.69) is 15.6 Å². The van der Waals surface area contributed by atoms with Crippen LogP contribution >= 0.6 is 34.5 Å². The molecule has 0 aliphatic carbocycles. The number of imidazole rings is 1. The Labute approximate surface area is 180 Å². The largest absolute Gasteiger partial charge is 0.333 e. The zero-order chi connectivity index (χ0) is 20.5. The van der Waals surface area contributed by atoms with Crippen molar-refractivity contribution >= 4 is 51.2 Å². The summed E-state index contributed by atoms with van der Waals surface area (Å²) in [5, 5.41) is 6.39. The second-order valence-corrected chi connectivity index (χ2v) is 8.23. The van der Waals surface area contributed by atoms with Crippen molar-refractivity contribution in [3.8, 4) is 11.3 Å². The van der Waals surface area contributed by atoms with Crippen molar-refractivity contribution in [2.75, 3.05) is 5.32 Å². The Morgan fingerprint density at radius 1 is 1.21 bits per heavy atom. The third kappa shape index (κ3) is 4.22. The quantitative estimate of drug-likeness (QED) is 0.393. The number of carbonyl (C=O) groups is 1. The molecule has 0 saturated carbocycles. The van der Waals surface area contributed by atoms with Crippen LogP contribution in [-0.4, -0.2) is 15.4 Å². The van der Waals surface area contributed by atoms with Gasteiger partial charge in [0.1, 0.15) is 5.82 Å². The number of anilines is 1. The van der Waals surface area contributed by atoms with Crippen molar-refractivity contribution in [1.82, 2.24) is 14.7 Å². The van der Waals surface area contributed by atoms with E-state index >= 15 is 0 Å². The van der Waals surface area contributed by atoms with Gasteiger partial charge in [0.25, 0.3) is 0 Å². The van der Waals surface area contributed by atoms with E-state index in [-0.39, 0.29) is 11.8 Å². The van der Waals surface area contributed by atoms with E-state index in [1.165, 1.54) is 23.5 Å². The number of carbonyl (C=O) groups excluding carboxylic acids is 1. The Morgan fingerprint density at radius 2 is 1.97 bits per heavy atom. The zero-order valence-electron chi connectivity index (χ0n) is 15.2. The van der Waals surface area contributed by atoms with E-state index in [1.54, 1.807) is 30.3 Å². The lowest BCUT2D eigenvalue weighted by atomic mass is 10.2. The molecule has 0 atom stereocenters. The number of amides is 2. The molecule has 29 heavy (non-hydrogen) atoms. The van der Waals surface area contributed by atoms with Crippen molar-refractivity contribution in [2.24, 2.45) is 0 Å². The van der Waals surface area contributed by atoms with Crippen LogP contribution in [0.3, 0.4) is 0 Å². The number of aryl methyl sites for hydroxylation is 1. The highest BCUT2D eigenvalue weighted by Gasteiger charge is 2.14. The number of aromatic nitrogens is 2. The summed E-state index contributed by atoms with van der Waals surface area (Å²) >= 11 is 13.5. The summed E-state index contributed by atoms with van der Waals surface area (Å²) < 4.78 is 15.1. The molecule has 0 saturated heterocycles. The second kappa shape index (κ2) is 8.02. The first-order valence-electron chi connectivity index (χ1n) is 8.64. The van der Waals surface area contributed by atoms with E-state index in [4.69, 9.17) is 23.2 Å². The molecule has 4 aromatic rings. The molecule has 0 spiro atoms. The van der Waals surface area contributed by atoms with Crippen LogP contribution < -0.4 is 10.6 Å². The van der Waals surface area contributed by atoms with Crippen LogP contribution in [0.5, 0.6) is 0 Å². The maximum Gasteiger partial charge on any atom is 0.319 e. The van der Waals surface area contributed by atoms with Gasteiger partial charge in [-0.15, -0.1) is 0 Å². The number of nitrogens with zero attached hydrogens (tertiary/aromatic N) is 2.